The van der Waals surface area contributed by atoms with Gasteiger partial charge in [-0.1, -0.05) is 48.5 Å². The maximum atomic E-state index is 12.5. The molecule has 0 aromatic heterocycles. The minimum atomic E-state index is -1.17. The molecular formula is C36H37BrN4O8. The van der Waals surface area contributed by atoms with Gasteiger partial charge < -0.3 is 39.4 Å². The van der Waals surface area contributed by atoms with Crippen molar-refractivity contribution in [3.05, 3.63) is 105 Å². The van der Waals surface area contributed by atoms with Crippen molar-refractivity contribution >= 4 is 44.9 Å². The Morgan fingerprint density at radius 2 is 1.78 bits per heavy atom. The second-order valence-electron chi connectivity index (χ2n) is 10.9. The summed E-state index contributed by atoms with van der Waals surface area (Å²) in [6.45, 7) is 3.96. The molecule has 2 amide bonds. The van der Waals surface area contributed by atoms with E-state index in [1.165, 1.54) is 13.3 Å². The second kappa shape index (κ2) is 16.2. The van der Waals surface area contributed by atoms with Gasteiger partial charge in [-0.2, -0.15) is 5.10 Å². The van der Waals surface area contributed by atoms with Gasteiger partial charge in [0, 0.05) is 15.7 Å². The van der Waals surface area contributed by atoms with E-state index in [0.29, 0.717) is 57.5 Å². The highest BCUT2D eigenvalue weighted by molar-refractivity contribution is 9.10. The third-order valence-corrected chi connectivity index (χ3v) is 8.33. The number of carbonyl (C=O) groups is 2. The molecule has 1 aliphatic rings. The maximum Gasteiger partial charge on any atom is 0.337 e. The first-order valence-electron chi connectivity index (χ1n) is 15.4. The molecule has 4 aromatic carbocycles. The van der Waals surface area contributed by atoms with Crippen molar-refractivity contribution in [3.63, 3.8) is 0 Å². The van der Waals surface area contributed by atoms with Crippen LogP contribution in [0.2, 0.25) is 0 Å². The Balaban J connectivity index is 1.21. The van der Waals surface area contributed by atoms with Crippen molar-refractivity contribution in [3.8, 4) is 23.0 Å². The van der Waals surface area contributed by atoms with E-state index >= 15 is 0 Å². The fourth-order valence-corrected chi connectivity index (χ4v) is 5.74. The Labute approximate surface area is 292 Å². The lowest BCUT2D eigenvalue weighted by molar-refractivity contribution is -0.136. The van der Waals surface area contributed by atoms with Crippen LogP contribution in [0.15, 0.2) is 93.6 Å². The van der Waals surface area contributed by atoms with E-state index in [0.717, 1.165) is 16.3 Å². The van der Waals surface area contributed by atoms with Gasteiger partial charge in [-0.15, -0.1) is 0 Å². The minimum Gasteiger partial charge on any atom is -0.493 e. The highest BCUT2D eigenvalue weighted by Crippen LogP contribution is 2.36. The largest absolute Gasteiger partial charge is 0.493 e. The van der Waals surface area contributed by atoms with Crippen molar-refractivity contribution < 1.29 is 38.4 Å². The normalized spacial score (nSPS) is 15.0. The number of aliphatic hydroxyl groups is 1. The first kappa shape index (κ1) is 35.0. The predicted octanol–water partition coefficient (Wildman–Crippen LogP) is 5.71. The molecule has 2 atom stereocenters. The summed E-state index contributed by atoms with van der Waals surface area (Å²) in [7, 11) is 2.84. The molecule has 12 nitrogen and oxygen atoms in total. The van der Waals surface area contributed by atoms with Crippen LogP contribution in [-0.2, 0) is 16.1 Å². The number of hydrazone groups is 1. The number of hydrogen-bond donors (Lipinski definition) is 4. The molecule has 0 saturated heterocycles. The third-order valence-electron chi connectivity index (χ3n) is 7.65. The molecule has 4 N–H and O–H groups in total. The number of carbonyl (C=O) groups excluding carboxylic acids is 2. The Kier molecular flexibility index (Phi) is 11.6. The molecule has 0 bridgehead atoms. The highest BCUT2D eigenvalue weighted by atomic mass is 79.9. The maximum absolute atomic E-state index is 12.5. The number of rotatable bonds is 14. The van der Waals surface area contributed by atoms with Gasteiger partial charge in [0.15, 0.2) is 29.2 Å². The quantitative estimate of drug-likeness (QED) is 0.0554. The second-order valence-corrected chi connectivity index (χ2v) is 11.7. The van der Waals surface area contributed by atoms with Gasteiger partial charge in [0.1, 0.15) is 13.2 Å². The van der Waals surface area contributed by atoms with Crippen LogP contribution in [0.4, 0.5) is 4.79 Å². The van der Waals surface area contributed by atoms with E-state index in [2.05, 4.69) is 55.3 Å². The van der Waals surface area contributed by atoms with Crippen LogP contribution in [0.25, 0.3) is 10.8 Å². The molecule has 4 aromatic rings. The van der Waals surface area contributed by atoms with Crippen molar-refractivity contribution in [1.29, 1.82) is 0 Å². The Morgan fingerprint density at radius 3 is 2.55 bits per heavy atom. The number of benzene rings is 4. The zero-order chi connectivity index (χ0) is 34.9. The van der Waals surface area contributed by atoms with Crippen LogP contribution < -0.4 is 35.0 Å². The first-order valence-corrected chi connectivity index (χ1v) is 16.2. The van der Waals surface area contributed by atoms with E-state index in [9.17, 15) is 14.7 Å². The lowest BCUT2D eigenvalue weighted by Gasteiger charge is -2.28. The third kappa shape index (κ3) is 8.42. The van der Waals surface area contributed by atoms with Gasteiger partial charge in [-0.25, -0.2) is 9.59 Å². The molecule has 1 heterocycles. The Bertz CT molecular complexity index is 1890. The van der Waals surface area contributed by atoms with Crippen molar-refractivity contribution in [2.24, 2.45) is 5.10 Å². The molecule has 0 aliphatic carbocycles. The predicted molar refractivity (Wildman–Crippen MR) is 188 cm³/mol. The number of ether oxygens (including phenoxy) is 5. The van der Waals surface area contributed by atoms with Gasteiger partial charge in [0.2, 0.25) is 0 Å². The van der Waals surface area contributed by atoms with E-state index in [1.807, 2.05) is 37.3 Å². The van der Waals surface area contributed by atoms with Gasteiger partial charge in [0.05, 0.1) is 38.7 Å². The molecule has 13 heteroatoms. The van der Waals surface area contributed by atoms with Crippen molar-refractivity contribution in [2.75, 3.05) is 27.4 Å². The van der Waals surface area contributed by atoms with Crippen LogP contribution >= 0.6 is 15.9 Å². The van der Waals surface area contributed by atoms with E-state index in [-0.39, 0.29) is 12.2 Å². The molecule has 1 aliphatic heterocycles. The summed E-state index contributed by atoms with van der Waals surface area (Å²) in [6, 6.07) is 21.6. The molecule has 256 valence electrons. The topological polar surface area (TPSA) is 149 Å². The molecule has 0 saturated carbocycles. The highest BCUT2D eigenvalue weighted by Gasteiger charge is 2.32. The number of aliphatic hydroxyl groups excluding tert-OH is 1. The average Bonchev–Trinajstić information content (AvgIpc) is 3.10. The number of esters is 1. The van der Waals surface area contributed by atoms with Gasteiger partial charge >= 0.3 is 12.0 Å². The molecule has 49 heavy (non-hydrogen) atoms. The first-order chi connectivity index (χ1) is 23.7. The Morgan fingerprint density at radius 1 is 1.00 bits per heavy atom. The zero-order valence-electron chi connectivity index (χ0n) is 27.4. The monoisotopic (exact) mass is 732 g/mol. The molecule has 5 rings (SSSR count). The summed E-state index contributed by atoms with van der Waals surface area (Å²) < 4.78 is 29.0. The average molecular weight is 734 g/mol. The number of fused-ring (bicyclic) bond motifs is 1. The van der Waals surface area contributed by atoms with Gasteiger partial charge in [-0.3, -0.25) is 5.43 Å². The number of allylic oxidation sites excluding steroid dienone is 1. The van der Waals surface area contributed by atoms with Gasteiger partial charge in [0.25, 0.3) is 0 Å². The van der Waals surface area contributed by atoms with Crippen LogP contribution in [0.1, 0.15) is 36.6 Å². The number of nitrogens with zero attached hydrogens (tertiary/aromatic N) is 1. The fraction of sp³-hybridized carbons (Fsp3) is 0.250. The van der Waals surface area contributed by atoms with Crippen molar-refractivity contribution in [1.82, 2.24) is 16.1 Å². The van der Waals surface area contributed by atoms with E-state index in [4.69, 9.17) is 23.7 Å². The summed E-state index contributed by atoms with van der Waals surface area (Å²) in [6.07, 6.45) is 0.362. The Hall–Kier alpha value is -5.27. The zero-order valence-corrected chi connectivity index (χ0v) is 29.0. The number of nitrogens with one attached hydrogen (secondary N) is 3. The van der Waals surface area contributed by atoms with Crippen LogP contribution in [-0.4, -0.2) is 57.0 Å². The molecular weight excluding hydrogens is 696 g/mol. The molecule has 0 spiro atoms. The smallest absolute Gasteiger partial charge is 0.337 e. The number of amides is 2. The van der Waals surface area contributed by atoms with E-state index in [1.54, 1.807) is 38.3 Å². The summed E-state index contributed by atoms with van der Waals surface area (Å²) in [5, 5.41) is 22.3. The lowest BCUT2D eigenvalue weighted by atomic mass is 9.95. The van der Waals surface area contributed by atoms with Crippen LogP contribution in [0, 0.1) is 0 Å². The summed E-state index contributed by atoms with van der Waals surface area (Å²) in [5.41, 5.74) is 5.63. The SMILES string of the molecule is CCOc1cc([C@@H]2NC(=O)NC(C)=C2C(=O)OC)ccc1OC[C@H](O)N/N=C\c1cc(OC)c(OCc2cccc3ccccc23)cc1Br. The minimum absolute atomic E-state index is 0.168. The number of halogens is 1. The molecule has 0 unspecified atom stereocenters. The van der Waals surface area contributed by atoms with Gasteiger partial charge in [-0.05, 0) is 75.9 Å². The lowest BCUT2D eigenvalue weighted by Crippen LogP contribution is -2.45. The number of hydrogen-bond acceptors (Lipinski definition) is 10. The van der Waals surface area contributed by atoms with Crippen LogP contribution in [0.5, 0.6) is 23.0 Å². The summed E-state index contributed by atoms with van der Waals surface area (Å²) in [4.78, 5) is 24.7. The molecule has 0 fully saturated rings. The fourth-order valence-electron chi connectivity index (χ4n) is 5.31. The number of methoxy groups -OCH3 is 2. The summed E-state index contributed by atoms with van der Waals surface area (Å²) >= 11 is 3.57. The van der Waals surface area contributed by atoms with Crippen molar-refractivity contribution in [2.45, 2.75) is 32.7 Å². The molecule has 0 radical (unpaired) electrons. The van der Waals surface area contributed by atoms with E-state index < -0.39 is 24.3 Å². The summed E-state index contributed by atoms with van der Waals surface area (Å²) in [5.74, 6) is 1.22. The van der Waals surface area contributed by atoms with Crippen LogP contribution in [0.3, 0.4) is 0 Å². The standard InChI is InChI=1S/C36H37BrN4O8/c1-5-47-30-15-23(34-33(35(43)46-4)21(2)39-36(44)40-34)13-14-28(30)49-20-32(42)41-38-18-25-16-29(45-3)31(17-27(25)37)48-19-24-11-8-10-22-9-6-7-12-26(22)24/h6-18,32,34,41-42H,5,19-20H2,1-4H3,(H2,39,40,44)/b38-18-/t32-,34-/m0/s1. The number of urea groups is 1.